The van der Waals surface area contributed by atoms with Crippen molar-refractivity contribution in [2.45, 2.75) is 104 Å². The lowest BCUT2D eigenvalue weighted by molar-refractivity contribution is -0.189. The van der Waals surface area contributed by atoms with E-state index in [0.717, 1.165) is 42.9 Å². The van der Waals surface area contributed by atoms with Gasteiger partial charge in [-0.15, -0.1) is 0 Å². The molecule has 4 rings (SSSR count). The molecular formula is C26H42O5. The smallest absolute Gasteiger partial charge is 0.315 e. The molecule has 4 aliphatic rings. The summed E-state index contributed by atoms with van der Waals surface area (Å²) in [7, 11) is 0. The second-order valence-corrected chi connectivity index (χ2v) is 11.9. The highest BCUT2D eigenvalue weighted by Crippen LogP contribution is 2.64. The van der Waals surface area contributed by atoms with Crippen molar-refractivity contribution in [1.82, 2.24) is 0 Å². The van der Waals surface area contributed by atoms with Crippen molar-refractivity contribution in [1.29, 1.82) is 0 Å². The predicted molar refractivity (Wildman–Crippen MR) is 119 cm³/mol. The third-order valence-electron chi connectivity index (χ3n) is 9.74. The van der Waals surface area contributed by atoms with E-state index in [1.807, 2.05) is 6.92 Å². The van der Waals surface area contributed by atoms with Crippen LogP contribution in [0.1, 0.15) is 86.0 Å². The number of aliphatic hydroxyl groups is 3. The lowest BCUT2D eigenvalue weighted by Gasteiger charge is -2.55. The quantitative estimate of drug-likeness (QED) is 0.565. The zero-order valence-corrected chi connectivity index (χ0v) is 19.9. The molecule has 0 aromatic rings. The van der Waals surface area contributed by atoms with Gasteiger partial charge in [-0.3, -0.25) is 4.79 Å². The van der Waals surface area contributed by atoms with Crippen LogP contribution in [0.15, 0.2) is 11.3 Å². The van der Waals surface area contributed by atoms with Crippen molar-refractivity contribution in [2.75, 3.05) is 0 Å². The monoisotopic (exact) mass is 434 g/mol. The van der Waals surface area contributed by atoms with E-state index < -0.39 is 29.6 Å². The fourth-order valence-electron chi connectivity index (χ4n) is 7.74. The van der Waals surface area contributed by atoms with Crippen LogP contribution in [0.3, 0.4) is 0 Å². The molecule has 0 spiro atoms. The topological polar surface area (TPSA) is 87.0 Å². The van der Waals surface area contributed by atoms with Gasteiger partial charge in [-0.1, -0.05) is 53.9 Å². The summed E-state index contributed by atoms with van der Waals surface area (Å²) in [5, 5.41) is 31.6. The number of rotatable bonds is 5. The minimum Gasteiger partial charge on any atom is -0.431 e. The van der Waals surface area contributed by atoms with E-state index >= 15 is 0 Å². The zero-order chi connectivity index (χ0) is 22.7. The first-order valence-electron chi connectivity index (χ1n) is 12.5. The summed E-state index contributed by atoms with van der Waals surface area (Å²) >= 11 is 0. The number of allylic oxidation sites excluding steroid dienone is 1. The Morgan fingerprint density at radius 3 is 2.45 bits per heavy atom. The Kier molecular flexibility index (Phi) is 6.11. The number of carbonyl (C=O) groups is 1. The highest BCUT2D eigenvalue weighted by molar-refractivity contribution is 5.78. The van der Waals surface area contributed by atoms with E-state index in [1.54, 1.807) is 0 Å². The molecule has 0 radical (unpaired) electrons. The third kappa shape index (κ3) is 3.50. The SMILES string of the molecule is CC(C)CCC[C@@H](C)[C@H]1CC[C@H]2C3=C(CC[C@]12C)[C@]1(C)[C@H](C[C@@H](O)[C@H](O)[C@@H]1O)C(=O)O3. The van der Waals surface area contributed by atoms with Gasteiger partial charge in [0.25, 0.3) is 0 Å². The maximum atomic E-state index is 13.0. The van der Waals surface area contributed by atoms with E-state index in [9.17, 15) is 20.1 Å². The largest absolute Gasteiger partial charge is 0.431 e. The van der Waals surface area contributed by atoms with Crippen LogP contribution in [0.25, 0.3) is 0 Å². The van der Waals surface area contributed by atoms with Crippen molar-refractivity contribution in [2.24, 2.45) is 40.4 Å². The first-order chi connectivity index (χ1) is 14.5. The first-order valence-corrected chi connectivity index (χ1v) is 12.5. The molecule has 3 aliphatic carbocycles. The van der Waals surface area contributed by atoms with E-state index in [2.05, 4.69) is 27.7 Å². The highest BCUT2D eigenvalue weighted by Gasteiger charge is 2.63. The van der Waals surface area contributed by atoms with E-state index in [-0.39, 0.29) is 23.7 Å². The number of aliphatic hydroxyl groups excluding tert-OH is 3. The fourth-order valence-corrected chi connectivity index (χ4v) is 7.74. The van der Waals surface area contributed by atoms with Gasteiger partial charge in [0.05, 0.1) is 18.1 Å². The van der Waals surface area contributed by atoms with E-state index in [1.165, 1.54) is 19.3 Å². The van der Waals surface area contributed by atoms with Gasteiger partial charge >= 0.3 is 5.97 Å². The molecule has 2 saturated carbocycles. The molecule has 9 atom stereocenters. The van der Waals surface area contributed by atoms with E-state index in [4.69, 9.17) is 4.74 Å². The molecule has 176 valence electrons. The Morgan fingerprint density at radius 2 is 1.77 bits per heavy atom. The first kappa shape index (κ1) is 23.3. The van der Waals surface area contributed by atoms with Gasteiger partial charge in [-0.2, -0.15) is 0 Å². The third-order valence-corrected chi connectivity index (χ3v) is 9.74. The Balaban J connectivity index is 1.62. The molecule has 0 amide bonds. The maximum Gasteiger partial charge on any atom is 0.315 e. The number of fused-ring (bicyclic) bond motifs is 4. The van der Waals surface area contributed by atoms with Crippen molar-refractivity contribution >= 4 is 5.97 Å². The lowest BCUT2D eigenvalue weighted by Crippen LogP contribution is -2.61. The Hall–Kier alpha value is -0.910. The molecule has 5 nitrogen and oxygen atoms in total. The van der Waals surface area contributed by atoms with Crippen molar-refractivity contribution in [3.63, 3.8) is 0 Å². The normalized spacial score (nSPS) is 45.8. The number of hydrogen-bond donors (Lipinski definition) is 3. The summed E-state index contributed by atoms with van der Waals surface area (Å²) in [5.74, 6) is 2.05. The van der Waals surface area contributed by atoms with Crippen LogP contribution >= 0.6 is 0 Å². The van der Waals surface area contributed by atoms with Crippen LogP contribution in [0.2, 0.25) is 0 Å². The minimum atomic E-state index is -1.23. The summed E-state index contributed by atoms with van der Waals surface area (Å²) in [6, 6.07) is 0. The Bertz CT molecular complexity index is 744. The van der Waals surface area contributed by atoms with Gasteiger partial charge in [-0.05, 0) is 60.8 Å². The standard InChI is InChI=1S/C26H42O5/c1-14(2)7-6-8-15(3)16-9-10-17-22-18(11-12-25(16,17)4)26(5)19(24(30)31-22)13-20(27)21(28)23(26)29/h14-17,19-21,23,27-29H,6-13H2,1-5H3/t15-,16-,17+,19-,20-,21+,23+,25-,26-/m1/s1. The molecule has 0 unspecified atom stereocenters. The van der Waals surface area contributed by atoms with Crippen molar-refractivity contribution < 1.29 is 24.9 Å². The van der Waals surface area contributed by atoms with Gasteiger partial charge < -0.3 is 20.1 Å². The minimum absolute atomic E-state index is 0.108. The van der Waals surface area contributed by atoms with Crippen LogP contribution in [0.5, 0.6) is 0 Å². The molecule has 0 aromatic heterocycles. The second kappa shape index (κ2) is 8.14. The average molecular weight is 435 g/mol. The van der Waals surface area contributed by atoms with Crippen LogP contribution in [0.4, 0.5) is 0 Å². The van der Waals surface area contributed by atoms with E-state index in [0.29, 0.717) is 11.8 Å². The second-order valence-electron chi connectivity index (χ2n) is 11.9. The summed E-state index contributed by atoms with van der Waals surface area (Å²) in [6.45, 7) is 11.3. The Labute approximate surface area is 187 Å². The molecule has 2 fully saturated rings. The predicted octanol–water partition coefficient (Wildman–Crippen LogP) is 4.19. The van der Waals surface area contributed by atoms with Crippen LogP contribution in [0, 0.1) is 40.4 Å². The van der Waals surface area contributed by atoms with Gasteiger partial charge in [0.1, 0.15) is 11.9 Å². The molecule has 5 heteroatoms. The number of carbonyl (C=O) groups excluding carboxylic acids is 1. The zero-order valence-electron chi connectivity index (χ0n) is 19.9. The molecule has 3 N–H and O–H groups in total. The van der Waals surface area contributed by atoms with Crippen molar-refractivity contribution in [3.8, 4) is 0 Å². The van der Waals surface area contributed by atoms with Crippen LogP contribution in [-0.4, -0.2) is 39.6 Å². The molecule has 0 saturated heterocycles. The van der Waals surface area contributed by atoms with Crippen LogP contribution in [-0.2, 0) is 9.53 Å². The maximum absolute atomic E-state index is 13.0. The highest BCUT2D eigenvalue weighted by atomic mass is 16.5. The average Bonchev–Trinajstić information content (AvgIpc) is 3.06. The van der Waals surface area contributed by atoms with Gasteiger partial charge in [0, 0.05) is 11.3 Å². The summed E-state index contributed by atoms with van der Waals surface area (Å²) in [5.41, 5.74) is 0.272. The molecule has 31 heavy (non-hydrogen) atoms. The summed E-state index contributed by atoms with van der Waals surface area (Å²) in [6.07, 6.45) is 4.44. The van der Waals surface area contributed by atoms with Gasteiger partial charge in [-0.25, -0.2) is 0 Å². The van der Waals surface area contributed by atoms with Gasteiger partial charge in [0.15, 0.2) is 0 Å². The molecule has 0 aromatic carbocycles. The summed E-state index contributed by atoms with van der Waals surface area (Å²) in [4.78, 5) is 13.0. The van der Waals surface area contributed by atoms with Crippen molar-refractivity contribution in [3.05, 3.63) is 11.3 Å². The summed E-state index contributed by atoms with van der Waals surface area (Å²) < 4.78 is 6.01. The molecule has 1 heterocycles. The number of hydrogen-bond acceptors (Lipinski definition) is 5. The van der Waals surface area contributed by atoms with Crippen LogP contribution < -0.4 is 0 Å². The Morgan fingerprint density at radius 1 is 1.06 bits per heavy atom. The molecule has 0 bridgehead atoms. The number of ether oxygens (including phenoxy) is 1. The molecule has 1 aliphatic heterocycles. The lowest BCUT2D eigenvalue weighted by atomic mass is 9.53. The van der Waals surface area contributed by atoms with Gasteiger partial charge in [0.2, 0.25) is 0 Å². The fraction of sp³-hybridized carbons (Fsp3) is 0.885. The number of esters is 1. The molecular weight excluding hydrogens is 392 g/mol.